The molecule has 1 aliphatic rings. The predicted octanol–water partition coefficient (Wildman–Crippen LogP) is 3.11. The quantitative estimate of drug-likeness (QED) is 0.929. The van der Waals surface area contributed by atoms with Gasteiger partial charge in [-0.2, -0.15) is 0 Å². The van der Waals surface area contributed by atoms with E-state index in [1.54, 1.807) is 0 Å². The van der Waals surface area contributed by atoms with Crippen molar-refractivity contribution >= 4 is 5.82 Å². The van der Waals surface area contributed by atoms with Crippen LogP contribution in [0.3, 0.4) is 0 Å². The second-order valence-electron chi connectivity index (χ2n) is 5.58. The predicted molar refractivity (Wildman–Crippen MR) is 80.1 cm³/mol. The first-order valence-corrected chi connectivity index (χ1v) is 7.19. The van der Waals surface area contributed by atoms with E-state index >= 15 is 0 Å². The van der Waals surface area contributed by atoms with Gasteiger partial charge < -0.3 is 5.32 Å². The zero-order valence-corrected chi connectivity index (χ0v) is 12.2. The molecule has 1 unspecified atom stereocenters. The molecule has 2 heterocycles. The number of nitrogens with zero attached hydrogens (tertiary/aromatic N) is 3. The van der Waals surface area contributed by atoms with Crippen LogP contribution in [-0.4, -0.2) is 22.0 Å². The summed E-state index contributed by atoms with van der Waals surface area (Å²) in [5.41, 5.74) is 3.63. The number of hydrogen-bond donors (Lipinski definition) is 1. The second kappa shape index (κ2) is 5.19. The summed E-state index contributed by atoms with van der Waals surface area (Å²) >= 11 is 0. The fraction of sp³-hybridized carbons (Fsp3) is 0.438. The number of anilines is 1. The molecule has 3 rings (SSSR count). The number of pyridine rings is 1. The van der Waals surface area contributed by atoms with Gasteiger partial charge in [0.25, 0.3) is 0 Å². The molecule has 0 spiro atoms. The Morgan fingerprint density at radius 1 is 1.30 bits per heavy atom. The lowest BCUT2D eigenvalue weighted by molar-refractivity contribution is 0.704. The Balaban J connectivity index is 2.05. The van der Waals surface area contributed by atoms with Crippen LogP contribution in [0.15, 0.2) is 24.4 Å². The zero-order valence-electron chi connectivity index (χ0n) is 12.2. The molecule has 0 amide bonds. The van der Waals surface area contributed by atoms with Crippen molar-refractivity contribution in [1.82, 2.24) is 15.0 Å². The standard InChI is InChI=1S/C16H20N4/c1-10(2)16-19-13(9-14(17-3)20-16)12-7-6-11-5-4-8-18-15(11)12/h4-5,8-10,12H,6-7H2,1-3H3,(H,17,19,20). The third kappa shape index (κ3) is 2.26. The summed E-state index contributed by atoms with van der Waals surface area (Å²) in [6.07, 6.45) is 4.05. The van der Waals surface area contributed by atoms with Crippen molar-refractivity contribution in [3.8, 4) is 0 Å². The fourth-order valence-electron chi connectivity index (χ4n) is 2.75. The van der Waals surface area contributed by atoms with Crippen LogP contribution in [0.5, 0.6) is 0 Å². The molecule has 0 aliphatic heterocycles. The van der Waals surface area contributed by atoms with Crippen LogP contribution >= 0.6 is 0 Å². The van der Waals surface area contributed by atoms with Crippen molar-refractivity contribution in [2.45, 2.75) is 38.5 Å². The van der Waals surface area contributed by atoms with E-state index in [9.17, 15) is 0 Å². The van der Waals surface area contributed by atoms with Crippen LogP contribution in [0, 0.1) is 0 Å². The molecule has 1 N–H and O–H groups in total. The molecular weight excluding hydrogens is 248 g/mol. The Morgan fingerprint density at radius 3 is 2.90 bits per heavy atom. The van der Waals surface area contributed by atoms with E-state index in [-0.39, 0.29) is 0 Å². The SMILES string of the molecule is CNc1cc(C2CCc3cccnc32)nc(C(C)C)n1. The minimum Gasteiger partial charge on any atom is -0.373 e. The highest BCUT2D eigenvalue weighted by atomic mass is 15.0. The van der Waals surface area contributed by atoms with Crippen LogP contribution in [-0.2, 0) is 6.42 Å². The van der Waals surface area contributed by atoms with Gasteiger partial charge in [-0.25, -0.2) is 9.97 Å². The largest absolute Gasteiger partial charge is 0.373 e. The molecule has 0 radical (unpaired) electrons. The molecule has 1 atom stereocenters. The molecule has 0 saturated carbocycles. The van der Waals surface area contributed by atoms with E-state index in [0.717, 1.165) is 30.2 Å². The number of hydrogen-bond acceptors (Lipinski definition) is 4. The van der Waals surface area contributed by atoms with Gasteiger partial charge in [0, 0.05) is 31.1 Å². The summed E-state index contributed by atoms with van der Waals surface area (Å²) < 4.78 is 0. The lowest BCUT2D eigenvalue weighted by atomic mass is 10.0. The summed E-state index contributed by atoms with van der Waals surface area (Å²) in [7, 11) is 1.90. The maximum absolute atomic E-state index is 4.77. The molecule has 0 bridgehead atoms. The van der Waals surface area contributed by atoms with Crippen LogP contribution in [0.25, 0.3) is 0 Å². The zero-order chi connectivity index (χ0) is 14.1. The van der Waals surface area contributed by atoms with Gasteiger partial charge in [-0.15, -0.1) is 0 Å². The first-order valence-electron chi connectivity index (χ1n) is 7.19. The molecule has 4 heteroatoms. The first kappa shape index (κ1) is 13.0. The van der Waals surface area contributed by atoms with Crippen LogP contribution in [0.4, 0.5) is 5.82 Å². The van der Waals surface area contributed by atoms with Gasteiger partial charge in [-0.3, -0.25) is 4.98 Å². The second-order valence-corrected chi connectivity index (χ2v) is 5.58. The minimum absolute atomic E-state index is 0.304. The van der Waals surface area contributed by atoms with Gasteiger partial charge in [0.1, 0.15) is 11.6 Å². The van der Waals surface area contributed by atoms with E-state index in [1.807, 2.05) is 19.3 Å². The molecule has 0 fully saturated rings. The monoisotopic (exact) mass is 268 g/mol. The summed E-state index contributed by atoms with van der Waals surface area (Å²) in [6, 6.07) is 6.24. The first-order chi connectivity index (χ1) is 9.69. The normalized spacial score (nSPS) is 17.3. The molecule has 0 aromatic carbocycles. The molecule has 4 nitrogen and oxygen atoms in total. The molecule has 2 aromatic heterocycles. The highest BCUT2D eigenvalue weighted by Gasteiger charge is 2.27. The van der Waals surface area contributed by atoms with Gasteiger partial charge in [-0.1, -0.05) is 19.9 Å². The van der Waals surface area contributed by atoms with Crippen molar-refractivity contribution in [3.05, 3.63) is 47.2 Å². The van der Waals surface area contributed by atoms with Gasteiger partial charge in [0.05, 0.1) is 11.4 Å². The molecule has 20 heavy (non-hydrogen) atoms. The van der Waals surface area contributed by atoms with Gasteiger partial charge >= 0.3 is 0 Å². The van der Waals surface area contributed by atoms with Crippen LogP contribution in [0.2, 0.25) is 0 Å². The van der Waals surface area contributed by atoms with E-state index in [2.05, 4.69) is 41.3 Å². The summed E-state index contributed by atoms with van der Waals surface area (Å²) in [6.45, 7) is 4.25. The van der Waals surface area contributed by atoms with Crippen molar-refractivity contribution in [1.29, 1.82) is 0 Å². The molecule has 104 valence electrons. The maximum atomic E-state index is 4.77. The molecular formula is C16H20N4. The third-order valence-electron chi connectivity index (χ3n) is 3.85. The summed E-state index contributed by atoms with van der Waals surface area (Å²) in [5.74, 6) is 2.42. The van der Waals surface area contributed by atoms with Gasteiger partial charge in [0.2, 0.25) is 0 Å². The van der Waals surface area contributed by atoms with Crippen LogP contribution in [0.1, 0.15) is 54.9 Å². The molecule has 2 aromatic rings. The van der Waals surface area contributed by atoms with Crippen LogP contribution < -0.4 is 5.32 Å². The Morgan fingerprint density at radius 2 is 2.15 bits per heavy atom. The average molecular weight is 268 g/mol. The Labute approximate surface area is 119 Å². The molecule has 0 saturated heterocycles. The van der Waals surface area contributed by atoms with E-state index in [1.165, 1.54) is 11.3 Å². The smallest absolute Gasteiger partial charge is 0.133 e. The third-order valence-corrected chi connectivity index (χ3v) is 3.85. The summed E-state index contributed by atoms with van der Waals surface area (Å²) in [5, 5.41) is 3.14. The summed E-state index contributed by atoms with van der Waals surface area (Å²) in [4.78, 5) is 13.9. The Kier molecular flexibility index (Phi) is 3.38. The number of rotatable bonds is 3. The van der Waals surface area contributed by atoms with E-state index in [4.69, 9.17) is 4.98 Å². The Bertz CT molecular complexity index is 622. The highest BCUT2D eigenvalue weighted by molar-refractivity contribution is 5.41. The lowest BCUT2D eigenvalue weighted by Crippen LogP contribution is -2.09. The lowest BCUT2D eigenvalue weighted by Gasteiger charge is -2.14. The van der Waals surface area contributed by atoms with E-state index in [0.29, 0.717) is 11.8 Å². The Hall–Kier alpha value is -1.97. The van der Waals surface area contributed by atoms with Crippen molar-refractivity contribution in [3.63, 3.8) is 0 Å². The fourth-order valence-corrected chi connectivity index (χ4v) is 2.75. The average Bonchev–Trinajstić information content (AvgIpc) is 2.90. The number of fused-ring (bicyclic) bond motifs is 1. The van der Waals surface area contributed by atoms with Crippen molar-refractivity contribution in [2.24, 2.45) is 0 Å². The van der Waals surface area contributed by atoms with Crippen molar-refractivity contribution in [2.75, 3.05) is 12.4 Å². The molecule has 1 aliphatic carbocycles. The van der Waals surface area contributed by atoms with E-state index < -0.39 is 0 Å². The topological polar surface area (TPSA) is 50.7 Å². The number of aromatic nitrogens is 3. The van der Waals surface area contributed by atoms with Crippen molar-refractivity contribution < 1.29 is 0 Å². The number of aryl methyl sites for hydroxylation is 1. The minimum atomic E-state index is 0.304. The number of nitrogens with one attached hydrogen (secondary N) is 1. The highest BCUT2D eigenvalue weighted by Crippen LogP contribution is 2.36. The van der Waals surface area contributed by atoms with Gasteiger partial charge in [0.15, 0.2) is 0 Å². The van der Waals surface area contributed by atoms with Gasteiger partial charge in [-0.05, 0) is 24.5 Å². The maximum Gasteiger partial charge on any atom is 0.133 e.